The van der Waals surface area contributed by atoms with E-state index >= 15 is 0 Å². The second-order valence-corrected chi connectivity index (χ2v) is 7.90. The summed E-state index contributed by atoms with van der Waals surface area (Å²) < 4.78 is 43.4. The number of carbonyl (C=O) groups is 1. The van der Waals surface area contributed by atoms with Crippen molar-refractivity contribution in [1.82, 2.24) is 14.6 Å². The van der Waals surface area contributed by atoms with E-state index in [2.05, 4.69) is 15.4 Å². The van der Waals surface area contributed by atoms with E-state index in [0.29, 0.717) is 17.0 Å². The largest absolute Gasteiger partial charge is 0.386 e. The topological polar surface area (TPSA) is 99.8 Å². The van der Waals surface area contributed by atoms with Crippen molar-refractivity contribution in [3.05, 3.63) is 72.5 Å². The van der Waals surface area contributed by atoms with Gasteiger partial charge in [0, 0.05) is 17.7 Å². The van der Waals surface area contributed by atoms with Gasteiger partial charge in [-0.15, -0.1) is 0 Å². The average molecular weight is 458 g/mol. The minimum Gasteiger partial charge on any atom is -0.378 e. The standard InChI is InChI=1S/C23H21F3N4O3/c1-15-12-19-27-18(13-17(30(19)29-15)16-8-4-2-5-9-16)28-20(31)21(10-6-3-7-11-21)22(32,14-24)23(25,26)33/h2-10,12-13,32-33H,11,14H2,1H3,(H,27,28,31). The van der Waals surface area contributed by atoms with Crippen LogP contribution < -0.4 is 5.32 Å². The second kappa shape index (κ2) is 8.13. The number of allylic oxidation sites excluding steroid dienone is 3. The molecule has 3 N–H and O–H groups in total. The van der Waals surface area contributed by atoms with Crippen LogP contribution >= 0.6 is 0 Å². The van der Waals surface area contributed by atoms with Crippen molar-refractivity contribution in [2.24, 2.45) is 5.41 Å². The third-order valence-corrected chi connectivity index (χ3v) is 5.76. The minimum atomic E-state index is -4.90. The predicted molar refractivity (Wildman–Crippen MR) is 115 cm³/mol. The van der Waals surface area contributed by atoms with E-state index in [1.54, 1.807) is 17.5 Å². The van der Waals surface area contributed by atoms with Gasteiger partial charge in [0.25, 0.3) is 0 Å². The van der Waals surface area contributed by atoms with Gasteiger partial charge < -0.3 is 15.5 Å². The Hall–Kier alpha value is -3.50. The van der Waals surface area contributed by atoms with Gasteiger partial charge in [0.1, 0.15) is 17.9 Å². The maximum atomic E-state index is 14.0. The Morgan fingerprint density at radius 3 is 2.55 bits per heavy atom. The molecule has 33 heavy (non-hydrogen) atoms. The molecule has 3 aromatic rings. The Morgan fingerprint density at radius 1 is 1.21 bits per heavy atom. The molecule has 0 fully saturated rings. The van der Waals surface area contributed by atoms with Gasteiger partial charge in [-0.3, -0.25) is 4.79 Å². The zero-order valence-corrected chi connectivity index (χ0v) is 17.5. The van der Waals surface area contributed by atoms with Crippen molar-refractivity contribution < 1.29 is 28.2 Å². The zero-order chi connectivity index (χ0) is 23.9. The molecule has 2 heterocycles. The maximum Gasteiger partial charge on any atom is 0.386 e. The van der Waals surface area contributed by atoms with Crippen molar-refractivity contribution in [3.8, 4) is 11.3 Å². The summed E-state index contributed by atoms with van der Waals surface area (Å²) in [4.78, 5) is 17.6. The molecule has 172 valence electrons. The number of fused-ring (bicyclic) bond motifs is 1. The molecular weight excluding hydrogens is 437 g/mol. The van der Waals surface area contributed by atoms with E-state index in [-0.39, 0.29) is 5.82 Å². The number of nitrogens with zero attached hydrogens (tertiary/aromatic N) is 3. The normalized spacial score (nSPS) is 20.1. The predicted octanol–water partition coefficient (Wildman–Crippen LogP) is 3.43. The summed E-state index contributed by atoms with van der Waals surface area (Å²) in [5, 5.41) is 26.7. The number of aryl methyl sites for hydroxylation is 1. The fourth-order valence-corrected chi connectivity index (χ4v) is 3.95. The van der Waals surface area contributed by atoms with Crippen LogP contribution in [-0.4, -0.2) is 49.1 Å². The first-order valence-electron chi connectivity index (χ1n) is 10.1. The van der Waals surface area contributed by atoms with Crippen molar-refractivity contribution in [3.63, 3.8) is 0 Å². The lowest BCUT2D eigenvalue weighted by Gasteiger charge is -2.44. The van der Waals surface area contributed by atoms with Crippen LogP contribution in [0.15, 0.2) is 66.8 Å². The third-order valence-electron chi connectivity index (χ3n) is 5.76. The lowest BCUT2D eigenvalue weighted by atomic mass is 9.66. The molecule has 0 radical (unpaired) electrons. The van der Waals surface area contributed by atoms with Crippen LogP contribution in [0.1, 0.15) is 12.1 Å². The fourth-order valence-electron chi connectivity index (χ4n) is 3.95. The Morgan fingerprint density at radius 2 is 1.94 bits per heavy atom. The molecule has 2 unspecified atom stereocenters. The number of aliphatic hydroxyl groups is 2. The van der Waals surface area contributed by atoms with Gasteiger partial charge in [0.2, 0.25) is 11.5 Å². The highest BCUT2D eigenvalue weighted by Gasteiger charge is 2.67. The van der Waals surface area contributed by atoms with E-state index < -0.39 is 36.1 Å². The summed E-state index contributed by atoms with van der Waals surface area (Å²) in [7, 11) is 0. The van der Waals surface area contributed by atoms with E-state index in [4.69, 9.17) is 0 Å². The first-order chi connectivity index (χ1) is 15.6. The number of halogens is 3. The van der Waals surface area contributed by atoms with Crippen molar-refractivity contribution in [2.45, 2.75) is 25.1 Å². The van der Waals surface area contributed by atoms with E-state index in [9.17, 15) is 28.2 Å². The number of amides is 1. The summed E-state index contributed by atoms with van der Waals surface area (Å²) in [5.74, 6) is -1.17. The number of benzene rings is 1. The third kappa shape index (κ3) is 3.70. The Balaban J connectivity index is 1.81. The smallest absolute Gasteiger partial charge is 0.378 e. The molecule has 1 aromatic carbocycles. The molecule has 4 rings (SSSR count). The summed E-state index contributed by atoms with van der Waals surface area (Å²) in [6.45, 7) is -0.299. The van der Waals surface area contributed by atoms with Gasteiger partial charge in [-0.05, 0) is 13.3 Å². The number of aromatic nitrogens is 3. The molecule has 2 aromatic heterocycles. The molecule has 0 saturated heterocycles. The number of hydrogen-bond acceptors (Lipinski definition) is 5. The molecule has 0 spiro atoms. The molecule has 10 heteroatoms. The molecule has 1 amide bonds. The monoisotopic (exact) mass is 458 g/mol. The van der Waals surface area contributed by atoms with Crippen molar-refractivity contribution in [2.75, 3.05) is 12.0 Å². The lowest BCUT2D eigenvalue weighted by Crippen LogP contribution is -2.65. The molecule has 1 aliphatic rings. The summed E-state index contributed by atoms with van der Waals surface area (Å²) >= 11 is 0. The highest BCUT2D eigenvalue weighted by Crippen LogP contribution is 2.47. The molecule has 1 aliphatic carbocycles. The number of rotatable bonds is 6. The summed E-state index contributed by atoms with van der Waals surface area (Å²) in [5.41, 5.74) is -3.85. The quantitative estimate of drug-likeness (QED) is 0.526. The van der Waals surface area contributed by atoms with Gasteiger partial charge in [-0.1, -0.05) is 54.6 Å². The van der Waals surface area contributed by atoms with Crippen LogP contribution in [0.5, 0.6) is 0 Å². The van der Waals surface area contributed by atoms with Crippen LogP contribution in [0.3, 0.4) is 0 Å². The lowest BCUT2D eigenvalue weighted by molar-refractivity contribution is -0.332. The number of nitrogens with one attached hydrogen (secondary N) is 1. The average Bonchev–Trinajstić information content (AvgIpc) is 3.18. The van der Waals surface area contributed by atoms with Crippen LogP contribution in [0.25, 0.3) is 16.9 Å². The van der Waals surface area contributed by atoms with Crippen LogP contribution in [-0.2, 0) is 4.79 Å². The molecule has 2 atom stereocenters. The first-order valence-corrected chi connectivity index (χ1v) is 10.1. The van der Waals surface area contributed by atoms with Gasteiger partial charge in [0.15, 0.2) is 5.65 Å². The van der Waals surface area contributed by atoms with Crippen molar-refractivity contribution >= 4 is 17.4 Å². The van der Waals surface area contributed by atoms with E-state index in [0.717, 1.165) is 11.6 Å². The SMILES string of the molecule is Cc1cc2nc(NC(=O)C3(C(O)(CF)C(O)(F)F)C=CC=CC3)cc(-c3ccccc3)n2n1. The van der Waals surface area contributed by atoms with Crippen LogP contribution in [0.4, 0.5) is 19.0 Å². The number of anilines is 1. The van der Waals surface area contributed by atoms with Crippen LogP contribution in [0.2, 0.25) is 0 Å². The minimum absolute atomic E-state index is 0.0176. The molecule has 0 bridgehead atoms. The Bertz CT molecular complexity index is 1250. The Kier molecular flexibility index (Phi) is 5.59. The molecule has 0 saturated carbocycles. The van der Waals surface area contributed by atoms with Crippen LogP contribution in [0, 0.1) is 12.3 Å². The van der Waals surface area contributed by atoms with E-state index in [1.807, 2.05) is 30.3 Å². The number of carbonyl (C=O) groups excluding carboxylic acids is 1. The number of hydrogen-bond donors (Lipinski definition) is 3. The van der Waals surface area contributed by atoms with Gasteiger partial charge in [0.05, 0.1) is 11.4 Å². The maximum absolute atomic E-state index is 14.0. The molecule has 0 aliphatic heterocycles. The zero-order valence-electron chi connectivity index (χ0n) is 17.5. The molecular formula is C23H21F3N4O3. The fraction of sp³-hybridized carbons (Fsp3) is 0.261. The molecule has 7 nitrogen and oxygen atoms in total. The van der Waals surface area contributed by atoms with Gasteiger partial charge in [-0.2, -0.15) is 13.9 Å². The summed E-state index contributed by atoms with van der Waals surface area (Å²) in [6, 6.07) is 12.3. The highest BCUT2D eigenvalue weighted by molar-refractivity contribution is 5.98. The second-order valence-electron chi connectivity index (χ2n) is 7.90. The first kappa shape index (κ1) is 22.7. The summed E-state index contributed by atoms with van der Waals surface area (Å²) in [6.07, 6.45) is -0.368. The van der Waals surface area contributed by atoms with Crippen molar-refractivity contribution in [1.29, 1.82) is 0 Å². The van der Waals surface area contributed by atoms with E-state index in [1.165, 1.54) is 24.3 Å². The highest BCUT2D eigenvalue weighted by atomic mass is 19.3. The number of alkyl halides is 3. The Labute approximate surface area is 186 Å². The van der Waals surface area contributed by atoms with Gasteiger partial charge in [-0.25, -0.2) is 13.9 Å². The van der Waals surface area contributed by atoms with Gasteiger partial charge >= 0.3 is 6.11 Å².